The first-order chi connectivity index (χ1) is 9.83. The SMILES string of the molecule is N#Cc1ccc(S(=O)(=O)NC(=O)c2ccc(Cl)cc2Cl)s1. The molecule has 2 aromatic rings. The summed E-state index contributed by atoms with van der Waals surface area (Å²) in [7, 11) is -4.05. The van der Waals surface area contributed by atoms with Gasteiger partial charge in [0.05, 0.1) is 10.6 Å². The third-order valence-corrected chi connectivity index (χ3v) is 5.72. The number of nitrogens with one attached hydrogen (secondary N) is 1. The molecule has 2 rings (SSSR count). The first-order valence-corrected chi connectivity index (χ1v) is 8.41. The Bertz CT molecular complexity index is 854. The Morgan fingerprint density at radius 1 is 1.24 bits per heavy atom. The van der Waals surface area contributed by atoms with Gasteiger partial charge in [-0.3, -0.25) is 4.79 Å². The van der Waals surface area contributed by atoms with Crippen molar-refractivity contribution in [3.8, 4) is 6.07 Å². The fraction of sp³-hybridized carbons (Fsp3) is 0. The molecule has 5 nitrogen and oxygen atoms in total. The molecule has 1 heterocycles. The van der Waals surface area contributed by atoms with E-state index in [0.717, 1.165) is 11.3 Å². The average molecular weight is 361 g/mol. The average Bonchev–Trinajstić information content (AvgIpc) is 2.87. The number of halogens is 2. The van der Waals surface area contributed by atoms with Gasteiger partial charge in [0.25, 0.3) is 15.9 Å². The summed E-state index contributed by atoms with van der Waals surface area (Å²) < 4.78 is 25.8. The topological polar surface area (TPSA) is 87.0 Å². The summed E-state index contributed by atoms with van der Waals surface area (Å²) in [6.45, 7) is 0. The minimum absolute atomic E-state index is 0.0123. The van der Waals surface area contributed by atoms with Crippen LogP contribution in [0.15, 0.2) is 34.5 Å². The Balaban J connectivity index is 2.28. The molecular formula is C12H6Cl2N2O3S2. The van der Waals surface area contributed by atoms with E-state index in [1.54, 1.807) is 0 Å². The second kappa shape index (κ2) is 6.03. The lowest BCUT2D eigenvalue weighted by atomic mass is 10.2. The zero-order valence-corrected chi connectivity index (χ0v) is 13.3. The van der Waals surface area contributed by atoms with E-state index in [1.807, 2.05) is 10.8 Å². The molecule has 0 spiro atoms. The zero-order valence-electron chi connectivity index (χ0n) is 10.1. The summed E-state index contributed by atoms with van der Waals surface area (Å²) >= 11 is 12.3. The smallest absolute Gasteiger partial charge is 0.268 e. The predicted molar refractivity (Wildman–Crippen MR) is 80.1 cm³/mol. The molecule has 0 aliphatic heterocycles. The summed E-state index contributed by atoms with van der Waals surface area (Å²) in [5.41, 5.74) is -0.0123. The van der Waals surface area contributed by atoms with Gasteiger partial charge in [0.1, 0.15) is 15.2 Å². The molecule has 9 heteroatoms. The fourth-order valence-corrected chi connectivity index (χ4v) is 3.99. The summed E-state index contributed by atoms with van der Waals surface area (Å²) in [4.78, 5) is 12.2. The van der Waals surface area contributed by atoms with Crippen molar-refractivity contribution in [3.63, 3.8) is 0 Å². The number of carbonyl (C=O) groups is 1. The van der Waals surface area contributed by atoms with Crippen LogP contribution in [-0.4, -0.2) is 14.3 Å². The maximum Gasteiger partial charge on any atom is 0.273 e. The Hall–Kier alpha value is -1.59. The Labute approximate surface area is 134 Å². The fourth-order valence-electron chi connectivity index (χ4n) is 1.43. The van der Waals surface area contributed by atoms with E-state index >= 15 is 0 Å². The van der Waals surface area contributed by atoms with Crippen LogP contribution < -0.4 is 4.72 Å². The molecule has 0 fully saturated rings. The Kier molecular flexibility index (Phi) is 4.54. The number of hydrogen-bond acceptors (Lipinski definition) is 5. The van der Waals surface area contributed by atoms with Gasteiger partial charge in [-0.2, -0.15) is 5.26 Å². The lowest BCUT2D eigenvalue weighted by Gasteiger charge is -2.06. The van der Waals surface area contributed by atoms with E-state index in [2.05, 4.69) is 0 Å². The maximum atomic E-state index is 12.0. The number of carbonyl (C=O) groups excluding carboxylic acids is 1. The van der Waals surface area contributed by atoms with Crippen LogP contribution in [0, 0.1) is 11.3 Å². The van der Waals surface area contributed by atoms with Gasteiger partial charge in [0, 0.05) is 5.02 Å². The predicted octanol–water partition coefficient (Wildman–Crippen LogP) is 3.05. The van der Waals surface area contributed by atoms with Gasteiger partial charge in [-0.05, 0) is 30.3 Å². The number of thiophene rings is 1. The van der Waals surface area contributed by atoms with Gasteiger partial charge < -0.3 is 0 Å². The standard InChI is InChI=1S/C12H6Cl2N2O3S2/c13-7-1-3-9(10(14)5-7)12(17)16-21(18,19)11-4-2-8(6-15)20-11/h1-5H,(H,16,17). The van der Waals surface area contributed by atoms with Crippen LogP contribution in [0.4, 0.5) is 0 Å². The second-order valence-electron chi connectivity index (χ2n) is 3.79. The van der Waals surface area contributed by atoms with Gasteiger partial charge >= 0.3 is 0 Å². The molecule has 21 heavy (non-hydrogen) atoms. The number of nitriles is 1. The number of nitrogens with zero attached hydrogens (tertiary/aromatic N) is 1. The van der Waals surface area contributed by atoms with Crippen molar-refractivity contribution in [1.29, 1.82) is 5.26 Å². The maximum absolute atomic E-state index is 12.0. The van der Waals surface area contributed by atoms with Crippen LogP contribution in [0.2, 0.25) is 10.0 Å². The highest BCUT2D eigenvalue weighted by Gasteiger charge is 2.22. The lowest BCUT2D eigenvalue weighted by Crippen LogP contribution is -2.30. The number of rotatable bonds is 3. The molecule has 0 atom stereocenters. The van der Waals surface area contributed by atoms with Crippen LogP contribution in [0.3, 0.4) is 0 Å². The van der Waals surface area contributed by atoms with Crippen LogP contribution in [-0.2, 0) is 10.0 Å². The molecule has 1 aromatic heterocycles. The number of benzene rings is 1. The molecule has 1 amide bonds. The summed E-state index contributed by atoms with van der Waals surface area (Å²) in [6, 6.07) is 8.52. The number of hydrogen-bond donors (Lipinski definition) is 1. The highest BCUT2D eigenvalue weighted by Crippen LogP contribution is 2.23. The van der Waals surface area contributed by atoms with E-state index in [9.17, 15) is 13.2 Å². The van der Waals surface area contributed by atoms with Gasteiger partial charge in [0.2, 0.25) is 0 Å². The van der Waals surface area contributed by atoms with Crippen molar-refractivity contribution in [2.24, 2.45) is 0 Å². The molecule has 1 aromatic carbocycles. The monoisotopic (exact) mass is 360 g/mol. The third kappa shape index (κ3) is 3.54. The van der Waals surface area contributed by atoms with E-state index < -0.39 is 15.9 Å². The van der Waals surface area contributed by atoms with Crippen LogP contribution in [0.1, 0.15) is 15.2 Å². The van der Waals surface area contributed by atoms with Crippen LogP contribution in [0.5, 0.6) is 0 Å². The molecule has 0 saturated heterocycles. The van der Waals surface area contributed by atoms with E-state index in [0.29, 0.717) is 5.02 Å². The summed E-state index contributed by atoms with van der Waals surface area (Å²) in [6.07, 6.45) is 0. The van der Waals surface area contributed by atoms with Gasteiger partial charge in [-0.25, -0.2) is 13.1 Å². The molecule has 0 saturated carbocycles. The zero-order chi connectivity index (χ0) is 15.6. The first kappa shape index (κ1) is 15.8. The van der Waals surface area contributed by atoms with Crippen molar-refractivity contribution >= 4 is 50.5 Å². The number of sulfonamides is 1. The quantitative estimate of drug-likeness (QED) is 0.910. The lowest BCUT2D eigenvalue weighted by molar-refractivity contribution is 0.0981. The van der Waals surface area contributed by atoms with Gasteiger partial charge in [0.15, 0.2) is 0 Å². The van der Waals surface area contributed by atoms with Crippen molar-refractivity contribution in [1.82, 2.24) is 4.72 Å². The molecular weight excluding hydrogens is 355 g/mol. The van der Waals surface area contributed by atoms with Crippen molar-refractivity contribution in [3.05, 3.63) is 50.8 Å². The molecule has 0 bridgehead atoms. The number of amides is 1. The Morgan fingerprint density at radius 3 is 2.52 bits per heavy atom. The van der Waals surface area contributed by atoms with Crippen molar-refractivity contribution < 1.29 is 13.2 Å². The highest BCUT2D eigenvalue weighted by atomic mass is 35.5. The molecule has 108 valence electrons. The highest BCUT2D eigenvalue weighted by molar-refractivity contribution is 7.92. The minimum atomic E-state index is -4.05. The van der Waals surface area contributed by atoms with Gasteiger partial charge in [-0.15, -0.1) is 11.3 Å². The molecule has 0 aliphatic rings. The van der Waals surface area contributed by atoms with Crippen LogP contribution >= 0.6 is 34.5 Å². The minimum Gasteiger partial charge on any atom is -0.268 e. The summed E-state index contributed by atoms with van der Waals surface area (Å²) in [5, 5.41) is 9.06. The van der Waals surface area contributed by atoms with Crippen LogP contribution in [0.25, 0.3) is 0 Å². The molecule has 0 unspecified atom stereocenters. The van der Waals surface area contributed by atoms with E-state index in [-0.39, 0.29) is 19.7 Å². The van der Waals surface area contributed by atoms with E-state index in [1.165, 1.54) is 30.3 Å². The largest absolute Gasteiger partial charge is 0.273 e. The molecule has 0 aliphatic carbocycles. The van der Waals surface area contributed by atoms with Crippen molar-refractivity contribution in [2.45, 2.75) is 4.21 Å². The first-order valence-electron chi connectivity index (χ1n) is 5.35. The Morgan fingerprint density at radius 2 is 1.95 bits per heavy atom. The summed E-state index contributed by atoms with van der Waals surface area (Å²) in [5.74, 6) is -0.872. The normalized spacial score (nSPS) is 10.9. The van der Waals surface area contributed by atoms with E-state index in [4.69, 9.17) is 28.5 Å². The second-order valence-corrected chi connectivity index (χ2v) is 7.63. The van der Waals surface area contributed by atoms with Gasteiger partial charge in [-0.1, -0.05) is 23.2 Å². The molecule has 0 radical (unpaired) electrons. The molecule has 1 N–H and O–H groups in total. The van der Waals surface area contributed by atoms with Crippen molar-refractivity contribution in [2.75, 3.05) is 0 Å². The third-order valence-electron chi connectivity index (χ3n) is 2.36.